The average Bonchev–Trinajstić information content (AvgIpc) is 2.43. The number of aromatic nitrogens is 2. The van der Waals surface area contributed by atoms with E-state index in [4.69, 9.17) is 4.74 Å². The van der Waals surface area contributed by atoms with Crippen LogP contribution in [0.1, 0.15) is 46.7 Å². The first-order valence-electron chi connectivity index (χ1n) is 8.82. The monoisotopic (exact) mass is 469 g/mol. The number of nitrogens with zero attached hydrogens (tertiary/aromatic N) is 3. The molecule has 7 nitrogen and oxygen atoms in total. The van der Waals surface area contributed by atoms with E-state index in [9.17, 15) is 14.7 Å². The van der Waals surface area contributed by atoms with Crippen LogP contribution in [0.5, 0.6) is 0 Å². The van der Waals surface area contributed by atoms with Crippen LogP contribution in [-0.4, -0.2) is 46.4 Å². The number of anilines is 1. The van der Waals surface area contributed by atoms with Crippen molar-refractivity contribution in [2.45, 2.75) is 71.8 Å². The van der Waals surface area contributed by atoms with Gasteiger partial charge in [-0.25, -0.2) is 14.8 Å². The Hall–Kier alpha value is -1.92. The molecule has 0 spiro atoms. The topological polar surface area (TPSA) is 92.6 Å². The van der Waals surface area contributed by atoms with E-state index in [0.717, 1.165) is 4.90 Å². The van der Waals surface area contributed by atoms with Gasteiger partial charge in [-0.15, -0.1) is 5.54 Å². The van der Waals surface area contributed by atoms with Crippen LogP contribution >= 0.6 is 15.9 Å². The largest absolute Gasteiger partial charge is 0.465 e. The summed E-state index contributed by atoms with van der Waals surface area (Å²) in [6, 6.07) is 0. The van der Waals surface area contributed by atoms with Crippen molar-refractivity contribution in [1.29, 1.82) is 0 Å². The van der Waals surface area contributed by atoms with Gasteiger partial charge in [0.1, 0.15) is 18.3 Å². The first-order chi connectivity index (χ1) is 12.5. The molecule has 28 heavy (non-hydrogen) atoms. The minimum Gasteiger partial charge on any atom is -0.465 e. The van der Waals surface area contributed by atoms with E-state index >= 15 is 0 Å². The highest BCUT2D eigenvalue weighted by molar-refractivity contribution is 9.10. The lowest BCUT2D eigenvalue weighted by molar-refractivity contribution is -0.155. The van der Waals surface area contributed by atoms with Gasteiger partial charge in [-0.05, 0) is 50.5 Å². The Labute approximate surface area is 176 Å². The predicted octanol–water partition coefficient (Wildman–Crippen LogP) is 4.46. The fourth-order valence-electron chi connectivity index (χ4n) is 2.30. The van der Waals surface area contributed by atoms with Crippen molar-refractivity contribution < 1.29 is 19.4 Å². The van der Waals surface area contributed by atoms with Gasteiger partial charge in [-0.1, -0.05) is 25.6 Å². The maximum atomic E-state index is 12.3. The van der Waals surface area contributed by atoms with E-state index in [-0.39, 0.29) is 17.9 Å². The molecule has 0 fully saturated rings. The molecular weight excluding hydrogens is 442 g/mol. The second kappa shape index (κ2) is 8.62. The van der Waals surface area contributed by atoms with Crippen molar-refractivity contribution in [1.82, 2.24) is 9.97 Å². The summed E-state index contributed by atoms with van der Waals surface area (Å²) in [7, 11) is -1.73. The van der Waals surface area contributed by atoms with Gasteiger partial charge in [0, 0.05) is 0 Å². The molecular formula is C19H28BrN3O4Si. The van der Waals surface area contributed by atoms with Gasteiger partial charge in [0.15, 0.2) is 11.5 Å². The highest BCUT2D eigenvalue weighted by Crippen LogP contribution is 2.29. The van der Waals surface area contributed by atoms with Crippen molar-refractivity contribution in [3.8, 4) is 11.5 Å². The van der Waals surface area contributed by atoms with Crippen LogP contribution in [-0.2, 0) is 9.53 Å². The molecule has 1 aromatic heterocycles. The first-order valence-corrected chi connectivity index (χ1v) is 13.1. The number of rotatable bonds is 4. The van der Waals surface area contributed by atoms with Gasteiger partial charge in [0.2, 0.25) is 0 Å². The number of hydrogen-bond donors (Lipinski definition) is 1. The Morgan fingerprint density at radius 1 is 1.25 bits per heavy atom. The van der Waals surface area contributed by atoms with Crippen molar-refractivity contribution >= 4 is 41.9 Å². The molecule has 1 aromatic rings. The molecule has 1 amide bonds. The molecule has 0 bridgehead atoms. The molecule has 1 heterocycles. The van der Waals surface area contributed by atoms with Crippen LogP contribution in [0.25, 0.3) is 0 Å². The van der Waals surface area contributed by atoms with Crippen LogP contribution in [0.4, 0.5) is 10.6 Å². The Balaban J connectivity index is 3.40. The second-order valence-electron chi connectivity index (χ2n) is 9.06. The van der Waals surface area contributed by atoms with E-state index in [0.29, 0.717) is 4.60 Å². The first kappa shape index (κ1) is 24.1. The Kier molecular flexibility index (Phi) is 7.42. The summed E-state index contributed by atoms with van der Waals surface area (Å²) in [5.41, 5.74) is 1.65. The van der Waals surface area contributed by atoms with Crippen molar-refractivity contribution in [2.24, 2.45) is 0 Å². The standard InChI is InChI=1S/C19H28BrN3O4Si/c1-18(2,3)27-15(24)11-19(4,5)23(17(25)26)16-13(9-10-28(6,7)8)22-14(20)12-21-16/h12H,11H2,1-8H3,(H,25,26). The molecule has 1 N–H and O–H groups in total. The van der Waals surface area contributed by atoms with E-state index in [1.54, 1.807) is 34.6 Å². The molecule has 0 aromatic carbocycles. The summed E-state index contributed by atoms with van der Waals surface area (Å²) in [5, 5.41) is 9.88. The number of carboxylic acid groups (broad SMARTS) is 1. The Bertz CT molecular complexity index is 817. The van der Waals surface area contributed by atoms with Crippen molar-refractivity contribution in [3.05, 3.63) is 16.5 Å². The molecule has 0 radical (unpaired) electrons. The molecule has 0 aliphatic carbocycles. The van der Waals surface area contributed by atoms with Gasteiger partial charge in [0.05, 0.1) is 18.2 Å². The van der Waals surface area contributed by atoms with Crippen LogP contribution < -0.4 is 4.90 Å². The number of amides is 1. The lowest BCUT2D eigenvalue weighted by Crippen LogP contribution is -2.50. The summed E-state index contributed by atoms with van der Waals surface area (Å²) >= 11 is 3.26. The SMILES string of the molecule is CC(C)(C)OC(=O)CC(C)(C)N(C(=O)O)c1ncc(Br)nc1C#C[Si](C)(C)C. The summed E-state index contributed by atoms with van der Waals surface area (Å²) in [6.07, 6.45) is 0.0187. The lowest BCUT2D eigenvalue weighted by Gasteiger charge is -2.35. The summed E-state index contributed by atoms with van der Waals surface area (Å²) in [5.74, 6) is 2.58. The molecule has 0 saturated carbocycles. The quantitative estimate of drug-likeness (QED) is 0.397. The van der Waals surface area contributed by atoms with E-state index < -0.39 is 31.3 Å². The molecule has 0 atom stereocenters. The molecule has 154 valence electrons. The highest BCUT2D eigenvalue weighted by Gasteiger charge is 2.38. The number of carbonyl (C=O) groups is 2. The summed E-state index contributed by atoms with van der Waals surface area (Å²) in [4.78, 5) is 34.0. The van der Waals surface area contributed by atoms with Gasteiger partial charge < -0.3 is 9.84 Å². The van der Waals surface area contributed by atoms with Crippen LogP contribution in [0.2, 0.25) is 19.6 Å². The van der Waals surface area contributed by atoms with Gasteiger partial charge in [-0.2, -0.15) is 0 Å². The number of ether oxygens (including phenoxy) is 1. The number of halogens is 1. The highest BCUT2D eigenvalue weighted by atomic mass is 79.9. The molecule has 0 aliphatic rings. The predicted molar refractivity (Wildman–Crippen MR) is 115 cm³/mol. The maximum absolute atomic E-state index is 12.3. The zero-order valence-corrected chi connectivity index (χ0v) is 20.3. The molecule has 0 saturated heterocycles. The van der Waals surface area contributed by atoms with Crippen molar-refractivity contribution in [2.75, 3.05) is 4.90 Å². The Morgan fingerprint density at radius 3 is 2.29 bits per heavy atom. The van der Waals surface area contributed by atoms with Crippen LogP contribution in [0.15, 0.2) is 10.8 Å². The average molecular weight is 470 g/mol. The zero-order chi connectivity index (χ0) is 21.9. The van der Waals surface area contributed by atoms with E-state index in [1.807, 2.05) is 0 Å². The fraction of sp³-hybridized carbons (Fsp3) is 0.579. The second-order valence-corrected chi connectivity index (χ2v) is 14.6. The molecule has 0 aliphatic heterocycles. The van der Waals surface area contributed by atoms with E-state index in [1.165, 1.54) is 6.20 Å². The number of carbonyl (C=O) groups excluding carboxylic acids is 1. The third-order valence-electron chi connectivity index (χ3n) is 3.29. The van der Waals surface area contributed by atoms with E-state index in [2.05, 4.69) is 57.0 Å². The minimum atomic E-state index is -1.73. The minimum absolute atomic E-state index is 0.0926. The maximum Gasteiger partial charge on any atom is 0.413 e. The van der Waals surface area contributed by atoms with Crippen LogP contribution in [0, 0.1) is 11.5 Å². The summed E-state index contributed by atoms with van der Waals surface area (Å²) < 4.78 is 5.81. The molecule has 0 unspecified atom stereocenters. The zero-order valence-electron chi connectivity index (χ0n) is 17.7. The normalized spacial score (nSPS) is 12.0. The lowest BCUT2D eigenvalue weighted by atomic mass is 9.98. The van der Waals surface area contributed by atoms with Gasteiger partial charge in [0.25, 0.3) is 0 Å². The summed E-state index contributed by atoms with van der Waals surface area (Å²) in [6.45, 7) is 14.8. The third-order valence-corrected chi connectivity index (χ3v) is 4.54. The van der Waals surface area contributed by atoms with Crippen molar-refractivity contribution in [3.63, 3.8) is 0 Å². The number of esters is 1. The van der Waals surface area contributed by atoms with Gasteiger partial charge in [-0.3, -0.25) is 9.69 Å². The number of hydrogen-bond acceptors (Lipinski definition) is 5. The Morgan fingerprint density at radius 2 is 1.82 bits per heavy atom. The smallest absolute Gasteiger partial charge is 0.413 e. The van der Waals surface area contributed by atoms with Crippen LogP contribution in [0.3, 0.4) is 0 Å². The van der Waals surface area contributed by atoms with Gasteiger partial charge >= 0.3 is 12.1 Å². The molecule has 1 rings (SSSR count). The third kappa shape index (κ3) is 7.60. The fourth-order valence-corrected chi connectivity index (χ4v) is 3.07. The molecule has 9 heteroatoms.